The lowest BCUT2D eigenvalue weighted by molar-refractivity contribution is 1.70. The molecule has 0 aliphatic rings. The van der Waals surface area contributed by atoms with E-state index in [1.54, 1.807) is 0 Å². The normalized spacial score (nSPS) is 10.1. The first-order valence-corrected chi connectivity index (χ1v) is 5.47. The average Bonchev–Trinajstić information content (AvgIpc) is 2.27. The maximum atomic E-state index is 3.13. The number of hydrogen-bond acceptors (Lipinski definition) is 2. The molecule has 4 heteroatoms. The van der Waals surface area contributed by atoms with E-state index < -0.39 is 0 Å². The van der Waals surface area contributed by atoms with Crippen LogP contribution in [-0.4, -0.2) is 0 Å². The van der Waals surface area contributed by atoms with Gasteiger partial charge >= 0.3 is 0 Å². The maximum Gasteiger partial charge on any atom is 0.0686 e. The van der Waals surface area contributed by atoms with Crippen LogP contribution in [0.1, 0.15) is 0 Å². The Morgan fingerprint density at radius 1 is 0.857 bits per heavy atom. The second-order valence-electron chi connectivity index (χ2n) is 3.00. The Kier molecular flexibility index (Phi) is 2.86. The molecule has 0 saturated carbocycles. The van der Waals surface area contributed by atoms with Crippen LogP contribution in [0.5, 0.6) is 0 Å². The molecule has 14 heavy (non-hydrogen) atoms. The molecule has 0 amide bonds. The third kappa shape index (κ3) is 1.56. The number of anilines is 2. The predicted molar refractivity (Wildman–Crippen MR) is 70.6 cm³/mol. The van der Waals surface area contributed by atoms with Gasteiger partial charge in [0.25, 0.3) is 0 Å². The summed E-state index contributed by atoms with van der Waals surface area (Å²) in [4.78, 5) is 0. The number of benzene rings is 2. The first-order chi connectivity index (χ1) is 6.86. The van der Waals surface area contributed by atoms with E-state index in [-0.39, 0.29) is 0 Å². The Balaban J connectivity index is 2.77. The molecule has 0 aromatic heterocycles. The van der Waals surface area contributed by atoms with Crippen molar-refractivity contribution < 1.29 is 0 Å². The Morgan fingerprint density at radius 2 is 1.64 bits per heavy atom. The summed E-state index contributed by atoms with van der Waals surface area (Å²) in [6.45, 7) is 0. The van der Waals surface area contributed by atoms with Gasteiger partial charge in [0, 0.05) is 5.39 Å². The zero-order chi connectivity index (χ0) is 9.97. The Bertz CT molecular complexity index is 457. The summed E-state index contributed by atoms with van der Waals surface area (Å²) in [5, 5.41) is 8.66. The minimum atomic E-state index is 1.07. The molecule has 0 saturated heterocycles. The highest BCUT2D eigenvalue weighted by atomic mass is 31.0. The Hall–Kier alpha value is -0.840. The highest BCUT2D eigenvalue weighted by molar-refractivity contribution is 7.19. The average molecular weight is 222 g/mol. The number of rotatable bonds is 2. The van der Waals surface area contributed by atoms with E-state index >= 15 is 0 Å². The summed E-state index contributed by atoms with van der Waals surface area (Å²) in [6.07, 6.45) is 0. The Morgan fingerprint density at radius 3 is 2.36 bits per heavy atom. The smallest absolute Gasteiger partial charge is 0.0686 e. The van der Waals surface area contributed by atoms with Gasteiger partial charge in [-0.15, -0.1) is 0 Å². The van der Waals surface area contributed by atoms with Crippen LogP contribution in [0.4, 0.5) is 11.4 Å². The van der Waals surface area contributed by atoms with Gasteiger partial charge in [-0.3, -0.25) is 0 Å². The zero-order valence-corrected chi connectivity index (χ0v) is 9.93. The van der Waals surface area contributed by atoms with E-state index in [0.717, 1.165) is 11.4 Å². The zero-order valence-electron chi connectivity index (χ0n) is 7.62. The molecule has 2 nitrogen and oxygen atoms in total. The predicted octanol–water partition coefficient (Wildman–Crippen LogP) is 3.24. The van der Waals surface area contributed by atoms with Gasteiger partial charge in [-0.05, 0) is 30.2 Å². The molecule has 0 bridgehead atoms. The van der Waals surface area contributed by atoms with E-state index in [1.165, 1.54) is 10.8 Å². The van der Waals surface area contributed by atoms with Crippen molar-refractivity contribution in [3.05, 3.63) is 36.4 Å². The molecule has 0 aliphatic carbocycles. The molecule has 2 N–H and O–H groups in total. The van der Waals surface area contributed by atoms with Crippen LogP contribution in [0.2, 0.25) is 0 Å². The monoisotopic (exact) mass is 222 g/mol. The second-order valence-corrected chi connectivity index (χ2v) is 3.58. The van der Waals surface area contributed by atoms with Crippen molar-refractivity contribution >= 4 is 40.9 Å². The van der Waals surface area contributed by atoms with Crippen molar-refractivity contribution in [2.24, 2.45) is 0 Å². The summed E-state index contributed by atoms with van der Waals surface area (Å²) in [5.41, 5.74) is 2.17. The van der Waals surface area contributed by atoms with Gasteiger partial charge in [-0.2, -0.15) is 0 Å². The summed E-state index contributed by atoms with van der Waals surface area (Å²) < 4.78 is 0. The third-order valence-electron chi connectivity index (χ3n) is 2.23. The molecular weight excluding hydrogens is 210 g/mol. The van der Waals surface area contributed by atoms with Crippen molar-refractivity contribution in [2.75, 3.05) is 10.2 Å². The summed E-state index contributed by atoms with van der Waals surface area (Å²) in [7, 11) is 5.04. The minimum Gasteiger partial charge on any atom is -0.368 e. The van der Waals surface area contributed by atoms with Crippen LogP contribution in [0.25, 0.3) is 10.8 Å². The fourth-order valence-corrected chi connectivity index (χ4v) is 2.10. The van der Waals surface area contributed by atoms with E-state index in [9.17, 15) is 0 Å². The molecule has 2 aromatic carbocycles. The molecule has 2 aromatic rings. The van der Waals surface area contributed by atoms with Gasteiger partial charge in [0.05, 0.1) is 11.4 Å². The van der Waals surface area contributed by atoms with Gasteiger partial charge in [0.1, 0.15) is 0 Å². The fraction of sp³-hybridized carbons (Fsp3) is 0. The Labute approximate surface area is 88.0 Å². The largest absolute Gasteiger partial charge is 0.368 e. The van der Waals surface area contributed by atoms with Crippen LogP contribution in [0.3, 0.4) is 0 Å². The topological polar surface area (TPSA) is 24.1 Å². The third-order valence-corrected chi connectivity index (χ3v) is 2.83. The molecule has 2 unspecified atom stereocenters. The molecule has 0 aliphatic heterocycles. The second kappa shape index (κ2) is 4.13. The van der Waals surface area contributed by atoms with Crippen LogP contribution >= 0.6 is 18.8 Å². The van der Waals surface area contributed by atoms with Gasteiger partial charge in [-0.25, -0.2) is 0 Å². The number of nitrogens with one attached hydrogen (secondary N) is 2. The minimum absolute atomic E-state index is 1.07. The van der Waals surface area contributed by atoms with E-state index in [4.69, 9.17) is 0 Å². The maximum absolute atomic E-state index is 3.13. The number of hydrogen-bond donors (Lipinski definition) is 2. The first-order valence-electron chi connectivity index (χ1n) is 4.32. The van der Waals surface area contributed by atoms with Crippen LogP contribution < -0.4 is 10.2 Å². The number of fused-ring (bicyclic) bond motifs is 1. The van der Waals surface area contributed by atoms with Crippen molar-refractivity contribution in [2.45, 2.75) is 0 Å². The molecule has 0 heterocycles. The highest BCUT2D eigenvalue weighted by Crippen LogP contribution is 2.32. The summed E-state index contributed by atoms with van der Waals surface area (Å²) in [6, 6.07) is 12.5. The lowest BCUT2D eigenvalue weighted by atomic mass is 10.1. The van der Waals surface area contributed by atoms with E-state index in [1.807, 2.05) is 12.1 Å². The molecule has 0 spiro atoms. The van der Waals surface area contributed by atoms with E-state index in [0.29, 0.717) is 0 Å². The molecule has 2 atom stereocenters. The first kappa shape index (κ1) is 9.71. The van der Waals surface area contributed by atoms with Crippen LogP contribution in [-0.2, 0) is 0 Å². The summed E-state index contributed by atoms with van der Waals surface area (Å²) >= 11 is 0. The lowest BCUT2D eigenvalue weighted by Crippen LogP contribution is -1.89. The van der Waals surface area contributed by atoms with Gasteiger partial charge in [-0.1, -0.05) is 30.3 Å². The van der Waals surface area contributed by atoms with Gasteiger partial charge in [0.15, 0.2) is 0 Å². The molecule has 2 rings (SSSR count). The SMILES string of the molecule is PNc1ccc2ccccc2c1NP. The standard InChI is InChI=1S/C10H12N2P2/c13-11-9-6-5-7-3-1-2-4-8(7)10(9)12-14/h1-6,11-12H,13-14H2. The van der Waals surface area contributed by atoms with Crippen molar-refractivity contribution in [3.63, 3.8) is 0 Å². The molecule has 0 fully saturated rings. The van der Waals surface area contributed by atoms with Crippen molar-refractivity contribution in [1.82, 2.24) is 0 Å². The molecule has 72 valence electrons. The fourth-order valence-electron chi connectivity index (χ4n) is 1.55. The van der Waals surface area contributed by atoms with E-state index in [2.05, 4.69) is 53.2 Å². The van der Waals surface area contributed by atoms with Crippen molar-refractivity contribution in [1.29, 1.82) is 0 Å². The molecule has 0 radical (unpaired) electrons. The van der Waals surface area contributed by atoms with Crippen molar-refractivity contribution in [3.8, 4) is 0 Å². The lowest BCUT2D eigenvalue weighted by Gasteiger charge is -2.11. The van der Waals surface area contributed by atoms with Crippen LogP contribution in [0.15, 0.2) is 36.4 Å². The summed E-state index contributed by atoms with van der Waals surface area (Å²) in [5.74, 6) is 0. The highest BCUT2D eigenvalue weighted by Gasteiger charge is 2.03. The quantitative estimate of drug-likeness (QED) is 0.762. The van der Waals surface area contributed by atoms with Gasteiger partial charge < -0.3 is 10.2 Å². The van der Waals surface area contributed by atoms with Crippen LogP contribution in [0, 0.1) is 0 Å². The molecular formula is C10H12N2P2. The van der Waals surface area contributed by atoms with Gasteiger partial charge in [0.2, 0.25) is 0 Å².